The lowest BCUT2D eigenvalue weighted by Crippen LogP contribution is -2.39. The average molecular weight is 528 g/mol. The summed E-state index contributed by atoms with van der Waals surface area (Å²) in [4.78, 5) is 41.9. The number of thioether (sulfide) groups is 1. The van der Waals surface area contributed by atoms with Gasteiger partial charge in [0.25, 0.3) is 5.56 Å². The number of nitrogens with zero attached hydrogens (tertiary/aromatic N) is 3. The monoisotopic (exact) mass is 526 g/mol. The summed E-state index contributed by atoms with van der Waals surface area (Å²) in [5.74, 6) is -1.13. The molecule has 3 aromatic rings. The van der Waals surface area contributed by atoms with Crippen molar-refractivity contribution in [3.63, 3.8) is 0 Å². The molecule has 3 rings (SSSR count). The maximum atomic E-state index is 12.8. The molecule has 2 aromatic carbocycles. The van der Waals surface area contributed by atoms with E-state index in [-0.39, 0.29) is 21.4 Å². The van der Waals surface area contributed by atoms with Crippen LogP contribution in [0.2, 0.25) is 15.1 Å². The third-order valence-electron chi connectivity index (χ3n) is 4.45. The van der Waals surface area contributed by atoms with Crippen molar-refractivity contribution in [2.75, 3.05) is 11.1 Å². The Kier molecular flexibility index (Phi) is 7.91. The number of halogens is 3. The number of benzene rings is 2. The van der Waals surface area contributed by atoms with Crippen LogP contribution in [0.4, 0.5) is 11.4 Å². The van der Waals surface area contributed by atoms with Gasteiger partial charge in [0.15, 0.2) is 0 Å². The van der Waals surface area contributed by atoms with Crippen LogP contribution in [0.5, 0.6) is 5.88 Å². The molecule has 1 amide bonds. The molecular weight excluding hydrogens is 511 g/mol. The third-order valence-corrected chi connectivity index (χ3v) is 6.41. The number of aliphatic imine (C=N–C) groups is 1. The molecule has 2 N–H and O–H groups in total. The van der Waals surface area contributed by atoms with Crippen molar-refractivity contribution in [3.05, 3.63) is 83.9 Å². The molecule has 172 valence electrons. The topological polar surface area (TPSA) is 106 Å². The van der Waals surface area contributed by atoms with E-state index in [9.17, 15) is 19.5 Å². The van der Waals surface area contributed by atoms with Gasteiger partial charge in [-0.3, -0.25) is 18.7 Å². The Balaban J connectivity index is 1.96. The summed E-state index contributed by atoms with van der Waals surface area (Å²) in [5, 5.41) is 14.4. The van der Waals surface area contributed by atoms with Gasteiger partial charge in [0, 0.05) is 24.8 Å². The third kappa shape index (κ3) is 5.80. The summed E-state index contributed by atoms with van der Waals surface area (Å²) in [6.45, 7) is 0. The number of carbonyl (C=O) groups is 1. The SMILES string of the molecule is Cn1c(O)c(C(=Nc2ccc(Cl)cc2)SCC(=O)Nc2ccc(Cl)c(Cl)c2)c(=O)n(C)c1=O. The molecular formula is C21H17Cl3N4O4S. The minimum absolute atomic E-state index is 0.0512. The van der Waals surface area contributed by atoms with Crippen molar-refractivity contribution < 1.29 is 9.90 Å². The smallest absolute Gasteiger partial charge is 0.333 e. The van der Waals surface area contributed by atoms with Crippen molar-refractivity contribution in [1.82, 2.24) is 9.13 Å². The molecule has 1 heterocycles. The molecule has 33 heavy (non-hydrogen) atoms. The minimum Gasteiger partial charge on any atom is -0.494 e. The van der Waals surface area contributed by atoms with Gasteiger partial charge in [-0.1, -0.05) is 46.6 Å². The van der Waals surface area contributed by atoms with Crippen molar-refractivity contribution in [2.24, 2.45) is 19.1 Å². The number of aromatic nitrogens is 2. The van der Waals surface area contributed by atoms with E-state index in [0.717, 1.165) is 20.9 Å². The lowest BCUT2D eigenvalue weighted by atomic mass is 10.3. The fourth-order valence-electron chi connectivity index (χ4n) is 2.72. The number of carbonyl (C=O) groups excluding carboxylic acids is 1. The van der Waals surface area contributed by atoms with Crippen LogP contribution >= 0.6 is 46.6 Å². The first kappa shape index (κ1) is 24.9. The Hall–Kier alpha value is -2.72. The van der Waals surface area contributed by atoms with Crippen molar-refractivity contribution in [2.45, 2.75) is 0 Å². The van der Waals surface area contributed by atoms with Crippen LogP contribution in [0, 0.1) is 0 Å². The second kappa shape index (κ2) is 10.5. The fourth-order valence-corrected chi connectivity index (χ4v) is 3.98. The zero-order valence-electron chi connectivity index (χ0n) is 17.3. The number of rotatable bonds is 5. The van der Waals surface area contributed by atoms with Gasteiger partial charge in [-0.05, 0) is 42.5 Å². The molecule has 0 aliphatic carbocycles. The van der Waals surface area contributed by atoms with E-state index < -0.39 is 23.0 Å². The lowest BCUT2D eigenvalue weighted by Gasteiger charge is -2.12. The van der Waals surface area contributed by atoms with Gasteiger partial charge in [-0.15, -0.1) is 0 Å². The maximum Gasteiger partial charge on any atom is 0.333 e. The first-order valence-corrected chi connectivity index (χ1v) is 11.4. The first-order chi connectivity index (χ1) is 15.6. The number of aromatic hydroxyl groups is 1. The molecule has 0 aliphatic rings. The van der Waals surface area contributed by atoms with E-state index in [1.165, 1.54) is 20.2 Å². The molecule has 0 spiro atoms. The van der Waals surface area contributed by atoms with Gasteiger partial charge in [0.1, 0.15) is 10.6 Å². The molecule has 0 bridgehead atoms. The molecule has 0 atom stereocenters. The van der Waals surface area contributed by atoms with E-state index >= 15 is 0 Å². The highest BCUT2D eigenvalue weighted by Gasteiger charge is 2.22. The predicted molar refractivity (Wildman–Crippen MR) is 134 cm³/mol. The van der Waals surface area contributed by atoms with Gasteiger partial charge in [0.2, 0.25) is 11.8 Å². The molecule has 12 heteroatoms. The standard InChI is InChI=1S/C21H17Cl3N4O4S/c1-27-19(30)17(20(31)28(2)21(27)32)18(26-12-5-3-11(22)4-6-12)33-10-16(29)25-13-7-8-14(23)15(24)9-13/h3-9,30H,10H2,1-2H3,(H,25,29). The molecule has 0 saturated carbocycles. The summed E-state index contributed by atoms with van der Waals surface area (Å²) in [6, 6.07) is 11.1. The summed E-state index contributed by atoms with van der Waals surface area (Å²) < 4.78 is 1.77. The van der Waals surface area contributed by atoms with Gasteiger partial charge in [0.05, 0.1) is 21.5 Å². The number of hydrogen-bond acceptors (Lipinski definition) is 6. The van der Waals surface area contributed by atoms with Gasteiger partial charge < -0.3 is 10.4 Å². The number of nitrogens with one attached hydrogen (secondary N) is 1. The van der Waals surface area contributed by atoms with Gasteiger partial charge >= 0.3 is 5.69 Å². The van der Waals surface area contributed by atoms with Crippen molar-refractivity contribution in [1.29, 1.82) is 0 Å². The number of amides is 1. The highest BCUT2D eigenvalue weighted by atomic mass is 35.5. The van der Waals surface area contributed by atoms with E-state index in [0.29, 0.717) is 21.4 Å². The van der Waals surface area contributed by atoms with Crippen LogP contribution in [0.3, 0.4) is 0 Å². The summed E-state index contributed by atoms with van der Waals surface area (Å²) in [6.07, 6.45) is 0. The Bertz CT molecular complexity index is 1370. The Morgan fingerprint density at radius 3 is 2.33 bits per heavy atom. The molecule has 0 fully saturated rings. The number of hydrogen-bond donors (Lipinski definition) is 2. The van der Waals surface area contributed by atoms with Crippen LogP contribution in [0.25, 0.3) is 0 Å². The lowest BCUT2D eigenvalue weighted by molar-refractivity contribution is -0.113. The van der Waals surface area contributed by atoms with E-state index in [1.54, 1.807) is 36.4 Å². The van der Waals surface area contributed by atoms with Crippen LogP contribution in [0.1, 0.15) is 5.56 Å². The highest BCUT2D eigenvalue weighted by molar-refractivity contribution is 8.15. The second-order valence-corrected chi connectivity index (χ2v) is 8.98. The highest BCUT2D eigenvalue weighted by Crippen LogP contribution is 2.26. The largest absolute Gasteiger partial charge is 0.494 e. The Morgan fingerprint density at radius 1 is 1.03 bits per heavy atom. The van der Waals surface area contributed by atoms with Crippen LogP contribution in [0.15, 0.2) is 57.0 Å². The molecule has 0 aliphatic heterocycles. The predicted octanol–water partition coefficient (Wildman–Crippen LogP) is 4.20. The first-order valence-electron chi connectivity index (χ1n) is 9.29. The number of anilines is 1. The Morgan fingerprint density at radius 2 is 1.70 bits per heavy atom. The van der Waals surface area contributed by atoms with Crippen molar-refractivity contribution >= 4 is 68.9 Å². The molecule has 1 aromatic heterocycles. The van der Waals surface area contributed by atoms with Crippen LogP contribution < -0.4 is 16.6 Å². The van der Waals surface area contributed by atoms with E-state index in [2.05, 4.69) is 10.3 Å². The summed E-state index contributed by atoms with van der Waals surface area (Å²) in [5.41, 5.74) is -0.786. The van der Waals surface area contributed by atoms with Crippen LogP contribution in [-0.4, -0.2) is 30.9 Å². The molecule has 0 saturated heterocycles. The summed E-state index contributed by atoms with van der Waals surface area (Å²) >= 11 is 18.7. The normalized spacial score (nSPS) is 11.5. The zero-order chi connectivity index (χ0) is 24.3. The fraction of sp³-hybridized carbons (Fsp3) is 0.143. The van der Waals surface area contributed by atoms with E-state index in [1.807, 2.05) is 0 Å². The van der Waals surface area contributed by atoms with E-state index in [4.69, 9.17) is 34.8 Å². The van der Waals surface area contributed by atoms with Crippen LogP contribution in [-0.2, 0) is 18.9 Å². The average Bonchev–Trinajstić information content (AvgIpc) is 2.78. The van der Waals surface area contributed by atoms with Gasteiger partial charge in [-0.2, -0.15) is 0 Å². The quantitative estimate of drug-likeness (QED) is 0.382. The van der Waals surface area contributed by atoms with Gasteiger partial charge in [-0.25, -0.2) is 9.79 Å². The summed E-state index contributed by atoms with van der Waals surface area (Å²) in [7, 11) is 2.61. The Labute approximate surface area is 207 Å². The maximum absolute atomic E-state index is 12.8. The molecule has 0 unspecified atom stereocenters. The second-order valence-electron chi connectivity index (χ2n) is 6.76. The molecule has 0 radical (unpaired) electrons. The van der Waals surface area contributed by atoms with Crippen molar-refractivity contribution in [3.8, 4) is 5.88 Å². The molecule has 8 nitrogen and oxygen atoms in total. The zero-order valence-corrected chi connectivity index (χ0v) is 20.4. The minimum atomic E-state index is -0.749.